The molecule has 0 spiro atoms. The van der Waals surface area contributed by atoms with Gasteiger partial charge in [0.15, 0.2) is 0 Å². The number of amides is 1. The van der Waals surface area contributed by atoms with Gasteiger partial charge in [-0.1, -0.05) is 0 Å². The maximum Gasteiger partial charge on any atom is 0.222 e. The Morgan fingerprint density at radius 1 is 1.52 bits per heavy atom. The summed E-state index contributed by atoms with van der Waals surface area (Å²) < 4.78 is 7.83. The molecule has 2 aromatic heterocycles. The number of nitrogens with one attached hydrogen (secondary N) is 2. The van der Waals surface area contributed by atoms with Gasteiger partial charge in [0.1, 0.15) is 0 Å². The first-order chi connectivity index (χ1) is 12.0. The van der Waals surface area contributed by atoms with Crippen molar-refractivity contribution in [2.24, 2.45) is 5.92 Å². The number of aromatic nitrogens is 4. The van der Waals surface area contributed by atoms with Crippen molar-refractivity contribution in [3.63, 3.8) is 0 Å². The molecule has 3 heterocycles. The highest BCUT2D eigenvalue weighted by Crippen LogP contribution is 2.32. The molecule has 1 amide bonds. The number of hydrogen-bond acceptors (Lipinski definition) is 4. The average Bonchev–Trinajstić information content (AvgIpc) is 3.22. The fraction of sp³-hybridized carbons (Fsp3) is 0.611. The van der Waals surface area contributed by atoms with Crippen LogP contribution in [0.5, 0.6) is 0 Å². The van der Waals surface area contributed by atoms with Gasteiger partial charge in [-0.15, -0.1) is 0 Å². The summed E-state index contributed by atoms with van der Waals surface area (Å²) in [6.45, 7) is 7.39. The minimum Gasteiger partial charge on any atom is -0.373 e. The standard InChI is InChI=1S/C18H27N5O2/c1-12-7-13(2)23(22-12)14(3)8-17(24)19-9-15-5-4-6-25-18(15)16-10-20-21-11-16/h7,10-11,14-15,18H,4-6,8-9H2,1-3H3,(H,19,24)(H,20,21)/t14?,15-,18+/m0/s1. The minimum atomic E-state index is 0.00114. The molecule has 0 saturated carbocycles. The summed E-state index contributed by atoms with van der Waals surface area (Å²) in [5, 5.41) is 14.4. The molecule has 2 aromatic rings. The smallest absolute Gasteiger partial charge is 0.222 e. The van der Waals surface area contributed by atoms with Crippen molar-refractivity contribution in [1.82, 2.24) is 25.3 Å². The van der Waals surface area contributed by atoms with Crippen LogP contribution in [-0.2, 0) is 9.53 Å². The van der Waals surface area contributed by atoms with E-state index in [4.69, 9.17) is 4.74 Å². The number of carbonyl (C=O) groups is 1. The molecule has 136 valence electrons. The van der Waals surface area contributed by atoms with Crippen LogP contribution in [0.2, 0.25) is 0 Å². The molecule has 0 aliphatic carbocycles. The molecule has 0 bridgehead atoms. The second kappa shape index (κ2) is 7.82. The lowest BCUT2D eigenvalue weighted by Gasteiger charge is -2.31. The molecular weight excluding hydrogens is 318 g/mol. The predicted octanol–water partition coefficient (Wildman–Crippen LogP) is 2.46. The van der Waals surface area contributed by atoms with E-state index in [-0.39, 0.29) is 24.0 Å². The van der Waals surface area contributed by atoms with Gasteiger partial charge in [-0.3, -0.25) is 14.6 Å². The lowest BCUT2D eigenvalue weighted by atomic mass is 9.91. The SMILES string of the molecule is Cc1cc(C)n(C(C)CC(=O)NC[C@@H]2CCCO[C@H]2c2cn[nH]c2)n1. The van der Waals surface area contributed by atoms with Crippen molar-refractivity contribution in [3.05, 3.63) is 35.4 Å². The maximum absolute atomic E-state index is 12.4. The van der Waals surface area contributed by atoms with Gasteiger partial charge in [0.05, 0.1) is 24.0 Å². The maximum atomic E-state index is 12.4. The monoisotopic (exact) mass is 345 g/mol. The fourth-order valence-electron chi connectivity index (χ4n) is 3.60. The number of carbonyl (C=O) groups excluding carboxylic acids is 1. The zero-order chi connectivity index (χ0) is 17.8. The Bertz CT molecular complexity index is 694. The lowest BCUT2D eigenvalue weighted by molar-refractivity contribution is -0.122. The van der Waals surface area contributed by atoms with E-state index in [1.807, 2.05) is 37.7 Å². The summed E-state index contributed by atoms with van der Waals surface area (Å²) in [5.41, 5.74) is 3.11. The van der Waals surface area contributed by atoms with E-state index in [9.17, 15) is 4.79 Å². The molecule has 7 nitrogen and oxygen atoms in total. The van der Waals surface area contributed by atoms with Crippen molar-refractivity contribution in [2.45, 2.75) is 52.2 Å². The molecule has 25 heavy (non-hydrogen) atoms. The van der Waals surface area contributed by atoms with Gasteiger partial charge in [-0.2, -0.15) is 10.2 Å². The van der Waals surface area contributed by atoms with Crippen LogP contribution in [0.3, 0.4) is 0 Å². The van der Waals surface area contributed by atoms with Gasteiger partial charge in [0.25, 0.3) is 0 Å². The Morgan fingerprint density at radius 3 is 3.04 bits per heavy atom. The van der Waals surface area contributed by atoms with Crippen LogP contribution in [0.4, 0.5) is 0 Å². The normalized spacial score (nSPS) is 21.9. The number of rotatable bonds is 6. The zero-order valence-corrected chi connectivity index (χ0v) is 15.2. The van der Waals surface area contributed by atoms with E-state index in [0.29, 0.717) is 13.0 Å². The molecule has 1 unspecified atom stereocenters. The highest BCUT2D eigenvalue weighted by molar-refractivity contribution is 5.76. The number of nitrogens with zero attached hydrogens (tertiary/aromatic N) is 3. The Labute approximate surface area is 148 Å². The third kappa shape index (κ3) is 4.28. The van der Waals surface area contributed by atoms with Crippen LogP contribution >= 0.6 is 0 Å². The summed E-state index contributed by atoms with van der Waals surface area (Å²) in [6.07, 6.45) is 6.17. The fourth-order valence-corrected chi connectivity index (χ4v) is 3.60. The van der Waals surface area contributed by atoms with Gasteiger partial charge in [0, 0.05) is 42.9 Å². The first-order valence-corrected chi connectivity index (χ1v) is 8.94. The van der Waals surface area contributed by atoms with Gasteiger partial charge < -0.3 is 10.1 Å². The Kier molecular flexibility index (Phi) is 5.53. The first kappa shape index (κ1) is 17.7. The molecule has 1 saturated heterocycles. The Morgan fingerprint density at radius 2 is 2.36 bits per heavy atom. The molecule has 3 atom stereocenters. The van der Waals surface area contributed by atoms with Crippen molar-refractivity contribution < 1.29 is 9.53 Å². The van der Waals surface area contributed by atoms with E-state index in [1.165, 1.54) is 0 Å². The Balaban J connectivity index is 1.53. The number of ether oxygens (including phenoxy) is 1. The molecular formula is C18H27N5O2. The van der Waals surface area contributed by atoms with E-state index in [0.717, 1.165) is 36.4 Å². The molecule has 3 rings (SSSR count). The molecule has 0 aromatic carbocycles. The highest BCUT2D eigenvalue weighted by atomic mass is 16.5. The summed E-state index contributed by atoms with van der Waals surface area (Å²) in [4.78, 5) is 12.4. The molecule has 0 radical (unpaired) electrons. The summed E-state index contributed by atoms with van der Waals surface area (Å²) in [7, 11) is 0. The molecule has 7 heteroatoms. The van der Waals surface area contributed by atoms with Crippen LogP contribution in [0.1, 0.15) is 55.3 Å². The van der Waals surface area contributed by atoms with E-state index < -0.39 is 0 Å². The number of aryl methyl sites for hydroxylation is 2. The highest BCUT2D eigenvalue weighted by Gasteiger charge is 2.28. The van der Waals surface area contributed by atoms with E-state index in [2.05, 4.69) is 20.6 Å². The second-order valence-electron chi connectivity index (χ2n) is 6.95. The third-order valence-electron chi connectivity index (χ3n) is 4.80. The van der Waals surface area contributed by atoms with E-state index >= 15 is 0 Å². The van der Waals surface area contributed by atoms with Crippen molar-refractivity contribution >= 4 is 5.91 Å². The molecule has 1 aliphatic rings. The van der Waals surface area contributed by atoms with Crippen LogP contribution in [0.15, 0.2) is 18.5 Å². The first-order valence-electron chi connectivity index (χ1n) is 8.94. The second-order valence-corrected chi connectivity index (χ2v) is 6.95. The topological polar surface area (TPSA) is 84.8 Å². The number of hydrogen-bond donors (Lipinski definition) is 2. The number of aromatic amines is 1. The van der Waals surface area contributed by atoms with Gasteiger partial charge >= 0.3 is 0 Å². The molecule has 1 fully saturated rings. The van der Waals surface area contributed by atoms with Gasteiger partial charge in [0.2, 0.25) is 5.91 Å². The van der Waals surface area contributed by atoms with Crippen LogP contribution in [0, 0.1) is 19.8 Å². The van der Waals surface area contributed by atoms with E-state index in [1.54, 1.807) is 6.20 Å². The lowest BCUT2D eigenvalue weighted by Crippen LogP contribution is -2.35. The zero-order valence-electron chi connectivity index (χ0n) is 15.2. The van der Waals surface area contributed by atoms with Gasteiger partial charge in [-0.05, 0) is 39.7 Å². The van der Waals surface area contributed by atoms with Crippen molar-refractivity contribution in [3.8, 4) is 0 Å². The van der Waals surface area contributed by atoms with Crippen molar-refractivity contribution in [2.75, 3.05) is 13.2 Å². The third-order valence-corrected chi connectivity index (χ3v) is 4.80. The summed E-state index contributed by atoms with van der Waals surface area (Å²) in [5.74, 6) is 0.330. The Hall–Kier alpha value is -2.15. The summed E-state index contributed by atoms with van der Waals surface area (Å²) >= 11 is 0. The largest absolute Gasteiger partial charge is 0.373 e. The van der Waals surface area contributed by atoms with Gasteiger partial charge in [-0.25, -0.2) is 0 Å². The predicted molar refractivity (Wildman–Crippen MR) is 94.0 cm³/mol. The number of H-pyrrole nitrogens is 1. The van der Waals surface area contributed by atoms with Crippen molar-refractivity contribution in [1.29, 1.82) is 0 Å². The van der Waals surface area contributed by atoms with Crippen LogP contribution < -0.4 is 5.32 Å². The molecule has 1 aliphatic heterocycles. The van der Waals surface area contributed by atoms with Crippen LogP contribution in [0.25, 0.3) is 0 Å². The summed E-state index contributed by atoms with van der Waals surface area (Å²) in [6, 6.07) is 2.07. The van der Waals surface area contributed by atoms with Crippen LogP contribution in [-0.4, -0.2) is 39.0 Å². The quantitative estimate of drug-likeness (QED) is 0.842. The average molecular weight is 345 g/mol. The molecule has 2 N–H and O–H groups in total. The minimum absolute atomic E-state index is 0.00114.